The molecule has 1 rings (SSSR count). The standard InChI is InChI=1S/C7H11N3OS/c1-10-3-2-6(9-10)4-8-7(11)5-12/h2-3,12H,4-5H2,1H3,(H,8,11). The van der Waals surface area contributed by atoms with Gasteiger partial charge in [-0.2, -0.15) is 17.7 Å². The Balaban J connectivity index is 2.38. The Labute approximate surface area is 76.4 Å². The summed E-state index contributed by atoms with van der Waals surface area (Å²) in [6.45, 7) is 0.472. The van der Waals surface area contributed by atoms with Gasteiger partial charge < -0.3 is 5.32 Å². The summed E-state index contributed by atoms with van der Waals surface area (Å²) in [5.74, 6) is 0.135. The molecule has 12 heavy (non-hydrogen) atoms. The van der Waals surface area contributed by atoms with Crippen LogP contribution in [0, 0.1) is 0 Å². The average Bonchev–Trinajstić information content (AvgIpc) is 2.47. The fraction of sp³-hybridized carbons (Fsp3) is 0.429. The van der Waals surface area contributed by atoms with Crippen molar-refractivity contribution in [3.05, 3.63) is 18.0 Å². The van der Waals surface area contributed by atoms with Gasteiger partial charge in [-0.25, -0.2) is 0 Å². The summed E-state index contributed by atoms with van der Waals surface area (Å²) in [5.41, 5.74) is 0.854. The van der Waals surface area contributed by atoms with Crippen LogP contribution in [-0.2, 0) is 18.4 Å². The molecule has 66 valence electrons. The third-order valence-corrected chi connectivity index (χ3v) is 1.67. The lowest BCUT2D eigenvalue weighted by molar-refractivity contribution is -0.118. The van der Waals surface area contributed by atoms with E-state index in [-0.39, 0.29) is 11.7 Å². The summed E-state index contributed by atoms with van der Waals surface area (Å²) in [7, 11) is 1.84. The van der Waals surface area contributed by atoms with Gasteiger partial charge in [-0.3, -0.25) is 9.48 Å². The molecule has 1 N–H and O–H groups in total. The number of thiol groups is 1. The van der Waals surface area contributed by atoms with Gasteiger partial charge in [-0.05, 0) is 6.07 Å². The number of hydrogen-bond donors (Lipinski definition) is 2. The molecule has 0 aliphatic rings. The Morgan fingerprint density at radius 2 is 2.58 bits per heavy atom. The highest BCUT2D eigenvalue weighted by Gasteiger charge is 1.99. The molecule has 1 aromatic rings. The van der Waals surface area contributed by atoms with E-state index in [1.54, 1.807) is 4.68 Å². The molecule has 0 radical (unpaired) electrons. The van der Waals surface area contributed by atoms with Crippen molar-refractivity contribution in [1.29, 1.82) is 0 Å². The van der Waals surface area contributed by atoms with E-state index in [4.69, 9.17) is 0 Å². The molecular formula is C7H11N3OS. The summed E-state index contributed by atoms with van der Waals surface area (Å²) < 4.78 is 1.70. The van der Waals surface area contributed by atoms with Crippen LogP contribution in [0.2, 0.25) is 0 Å². The fourth-order valence-electron chi connectivity index (χ4n) is 0.803. The first-order chi connectivity index (χ1) is 5.72. The van der Waals surface area contributed by atoms with E-state index in [1.807, 2.05) is 19.3 Å². The Hall–Kier alpha value is -0.970. The molecular weight excluding hydrogens is 174 g/mol. The highest BCUT2D eigenvalue weighted by molar-refractivity contribution is 7.81. The second-order valence-electron chi connectivity index (χ2n) is 2.42. The first-order valence-corrected chi connectivity index (χ1v) is 4.21. The number of nitrogens with zero attached hydrogens (tertiary/aromatic N) is 2. The number of aromatic nitrogens is 2. The highest BCUT2D eigenvalue weighted by Crippen LogP contribution is 1.92. The van der Waals surface area contributed by atoms with Crippen LogP contribution in [-0.4, -0.2) is 21.4 Å². The molecule has 1 aromatic heterocycles. The number of hydrogen-bond acceptors (Lipinski definition) is 3. The Bertz CT molecular complexity index is 271. The van der Waals surface area contributed by atoms with Crippen molar-refractivity contribution >= 4 is 18.5 Å². The lowest BCUT2D eigenvalue weighted by atomic mass is 10.4. The number of nitrogens with one attached hydrogen (secondary N) is 1. The number of aryl methyl sites for hydroxylation is 1. The van der Waals surface area contributed by atoms with Crippen molar-refractivity contribution in [3.8, 4) is 0 Å². The van der Waals surface area contributed by atoms with E-state index in [0.717, 1.165) is 5.69 Å². The topological polar surface area (TPSA) is 46.9 Å². The van der Waals surface area contributed by atoms with Gasteiger partial charge in [0.2, 0.25) is 5.91 Å². The van der Waals surface area contributed by atoms with Crippen molar-refractivity contribution in [2.45, 2.75) is 6.54 Å². The summed E-state index contributed by atoms with van der Waals surface area (Å²) in [6.07, 6.45) is 1.84. The minimum Gasteiger partial charge on any atom is -0.350 e. The predicted molar refractivity (Wildman–Crippen MR) is 48.9 cm³/mol. The van der Waals surface area contributed by atoms with E-state index in [2.05, 4.69) is 23.0 Å². The van der Waals surface area contributed by atoms with Gasteiger partial charge in [-0.1, -0.05) is 0 Å². The van der Waals surface area contributed by atoms with Crippen molar-refractivity contribution in [2.75, 3.05) is 5.75 Å². The van der Waals surface area contributed by atoms with Gasteiger partial charge in [0, 0.05) is 13.2 Å². The normalized spacial score (nSPS) is 9.83. The molecule has 0 bridgehead atoms. The molecule has 0 aliphatic carbocycles. The average molecular weight is 185 g/mol. The number of carbonyl (C=O) groups is 1. The first kappa shape index (κ1) is 9.12. The van der Waals surface area contributed by atoms with Gasteiger partial charge in [-0.15, -0.1) is 0 Å². The third kappa shape index (κ3) is 2.58. The maximum Gasteiger partial charge on any atom is 0.230 e. The van der Waals surface area contributed by atoms with Crippen LogP contribution in [0.25, 0.3) is 0 Å². The molecule has 0 aromatic carbocycles. The van der Waals surface area contributed by atoms with E-state index in [0.29, 0.717) is 6.54 Å². The van der Waals surface area contributed by atoms with Crippen molar-refractivity contribution in [2.24, 2.45) is 7.05 Å². The Kier molecular flexibility index (Phi) is 3.16. The molecule has 0 spiro atoms. The summed E-state index contributed by atoms with van der Waals surface area (Å²) in [4.78, 5) is 10.8. The Morgan fingerprint density at radius 3 is 3.08 bits per heavy atom. The van der Waals surface area contributed by atoms with Gasteiger partial charge in [0.1, 0.15) is 0 Å². The lowest BCUT2D eigenvalue weighted by Crippen LogP contribution is -2.23. The predicted octanol–water partition coefficient (Wildman–Crippen LogP) is -0.0339. The zero-order chi connectivity index (χ0) is 8.97. The quantitative estimate of drug-likeness (QED) is 0.649. The zero-order valence-electron chi connectivity index (χ0n) is 6.82. The van der Waals surface area contributed by atoms with Crippen molar-refractivity contribution in [1.82, 2.24) is 15.1 Å². The fourth-order valence-corrected chi connectivity index (χ4v) is 0.914. The van der Waals surface area contributed by atoms with Gasteiger partial charge >= 0.3 is 0 Å². The number of rotatable bonds is 3. The van der Waals surface area contributed by atoms with E-state index in [9.17, 15) is 4.79 Å². The molecule has 4 nitrogen and oxygen atoms in total. The van der Waals surface area contributed by atoms with E-state index in [1.165, 1.54) is 0 Å². The minimum absolute atomic E-state index is 0.0796. The third-order valence-electron chi connectivity index (χ3n) is 1.38. The molecule has 1 amide bonds. The highest BCUT2D eigenvalue weighted by atomic mass is 32.1. The van der Waals surface area contributed by atoms with Crippen LogP contribution in [0.3, 0.4) is 0 Å². The first-order valence-electron chi connectivity index (χ1n) is 3.58. The molecule has 0 aliphatic heterocycles. The lowest BCUT2D eigenvalue weighted by Gasteiger charge is -1.98. The molecule has 0 unspecified atom stereocenters. The smallest absolute Gasteiger partial charge is 0.230 e. The van der Waals surface area contributed by atoms with Crippen LogP contribution in [0.5, 0.6) is 0 Å². The maximum absolute atomic E-state index is 10.8. The van der Waals surface area contributed by atoms with Crippen LogP contribution in [0.4, 0.5) is 0 Å². The van der Waals surface area contributed by atoms with Crippen molar-refractivity contribution < 1.29 is 4.79 Å². The Morgan fingerprint density at radius 1 is 1.83 bits per heavy atom. The molecule has 0 atom stereocenters. The SMILES string of the molecule is Cn1ccc(CNC(=O)CS)n1. The minimum atomic E-state index is -0.0796. The second-order valence-corrected chi connectivity index (χ2v) is 2.73. The second kappa shape index (κ2) is 4.15. The van der Waals surface area contributed by atoms with Gasteiger partial charge in [0.05, 0.1) is 18.0 Å². The van der Waals surface area contributed by atoms with Crippen LogP contribution in [0.1, 0.15) is 5.69 Å². The van der Waals surface area contributed by atoms with Crippen LogP contribution < -0.4 is 5.32 Å². The zero-order valence-corrected chi connectivity index (χ0v) is 7.71. The maximum atomic E-state index is 10.8. The van der Waals surface area contributed by atoms with Gasteiger partial charge in [0.25, 0.3) is 0 Å². The molecule has 5 heteroatoms. The molecule has 0 saturated heterocycles. The molecule has 0 fully saturated rings. The summed E-state index contributed by atoms with van der Waals surface area (Å²) >= 11 is 3.83. The summed E-state index contributed by atoms with van der Waals surface area (Å²) in [6, 6.07) is 1.86. The molecule has 1 heterocycles. The number of carbonyl (C=O) groups excluding carboxylic acids is 1. The van der Waals surface area contributed by atoms with Gasteiger partial charge in [0.15, 0.2) is 0 Å². The largest absolute Gasteiger partial charge is 0.350 e. The number of amides is 1. The monoisotopic (exact) mass is 185 g/mol. The van der Waals surface area contributed by atoms with Crippen LogP contribution in [0.15, 0.2) is 12.3 Å². The summed E-state index contributed by atoms with van der Waals surface area (Å²) in [5, 5.41) is 6.76. The van der Waals surface area contributed by atoms with E-state index < -0.39 is 0 Å². The van der Waals surface area contributed by atoms with Crippen LogP contribution >= 0.6 is 12.6 Å². The van der Waals surface area contributed by atoms with Crippen molar-refractivity contribution in [3.63, 3.8) is 0 Å². The van der Waals surface area contributed by atoms with E-state index >= 15 is 0 Å². The molecule has 0 saturated carbocycles.